The van der Waals surface area contributed by atoms with E-state index in [4.69, 9.17) is 11.6 Å². The second-order valence-corrected chi connectivity index (χ2v) is 5.65. The van der Waals surface area contributed by atoms with Crippen molar-refractivity contribution in [2.24, 2.45) is 0 Å². The zero-order valence-electron chi connectivity index (χ0n) is 13.1. The zero-order chi connectivity index (χ0) is 17.9. The smallest absolute Gasteiger partial charge is 0.323 e. The van der Waals surface area contributed by atoms with Gasteiger partial charge < -0.3 is 9.47 Å². The van der Waals surface area contributed by atoms with Crippen molar-refractivity contribution in [3.05, 3.63) is 35.4 Å². The van der Waals surface area contributed by atoms with Crippen LogP contribution in [0.1, 0.15) is 27.1 Å². The number of methoxy groups -OCH3 is 2. The average molecular weight is 354 g/mol. The fourth-order valence-electron chi connectivity index (χ4n) is 2.49. The third-order valence-electron chi connectivity index (χ3n) is 3.75. The van der Waals surface area contributed by atoms with E-state index in [1.54, 1.807) is 12.1 Å². The molecule has 1 aliphatic carbocycles. The molecule has 0 aromatic heterocycles. The number of Topliss-reactive ketones (excluding diaryl/α,β-unsaturated/α-hetero) is 2. The number of halogens is 1. The maximum absolute atomic E-state index is 12.6. The second-order valence-electron chi connectivity index (χ2n) is 5.18. The number of carbonyl (C=O) groups excluding carboxylic acids is 4. The molecular formula is C16H16ClNO6. The molecule has 1 N–H and O–H groups in total. The van der Waals surface area contributed by atoms with Crippen LogP contribution >= 0.6 is 11.6 Å². The number of hydrogen-bond donors (Lipinski definition) is 1. The van der Waals surface area contributed by atoms with Crippen LogP contribution in [0, 0.1) is 0 Å². The summed E-state index contributed by atoms with van der Waals surface area (Å²) >= 11 is 6.12. The Morgan fingerprint density at radius 1 is 1.12 bits per heavy atom. The van der Waals surface area contributed by atoms with Crippen LogP contribution in [-0.2, 0) is 19.1 Å². The largest absolute Gasteiger partial charge is 0.469 e. The highest BCUT2D eigenvalue weighted by Gasteiger charge is 2.42. The van der Waals surface area contributed by atoms with Gasteiger partial charge in [-0.15, -0.1) is 11.6 Å². The first-order chi connectivity index (χ1) is 11.4. The SMILES string of the molecule is COC(=O)C[C@@H](N[C@@H]1C(=O)c2ccccc2C(=O)[C@H]1Cl)C(=O)OC. The molecule has 1 aromatic rings. The lowest BCUT2D eigenvalue weighted by Crippen LogP contribution is -2.56. The highest BCUT2D eigenvalue weighted by atomic mass is 35.5. The second kappa shape index (κ2) is 7.55. The number of benzene rings is 1. The van der Waals surface area contributed by atoms with E-state index in [9.17, 15) is 19.2 Å². The molecule has 8 heteroatoms. The predicted octanol–water partition coefficient (Wildman–Crippen LogP) is 0.736. The van der Waals surface area contributed by atoms with Gasteiger partial charge in [0.05, 0.1) is 26.7 Å². The van der Waals surface area contributed by atoms with Crippen molar-refractivity contribution in [3.63, 3.8) is 0 Å². The Morgan fingerprint density at radius 3 is 2.25 bits per heavy atom. The molecule has 0 bridgehead atoms. The fourth-order valence-corrected chi connectivity index (χ4v) is 2.80. The minimum Gasteiger partial charge on any atom is -0.469 e. The Kier molecular flexibility index (Phi) is 5.69. The molecule has 0 saturated heterocycles. The third kappa shape index (κ3) is 3.47. The van der Waals surface area contributed by atoms with Gasteiger partial charge in [0.25, 0.3) is 0 Å². The van der Waals surface area contributed by atoms with Gasteiger partial charge in [0, 0.05) is 11.1 Å². The number of carbonyl (C=O) groups is 4. The summed E-state index contributed by atoms with van der Waals surface area (Å²) in [5.41, 5.74) is 0.460. The molecule has 0 heterocycles. The van der Waals surface area contributed by atoms with E-state index >= 15 is 0 Å². The van der Waals surface area contributed by atoms with Crippen LogP contribution in [0.25, 0.3) is 0 Å². The minimum absolute atomic E-state index is 0.221. The molecule has 0 aliphatic heterocycles. The molecule has 3 atom stereocenters. The first-order valence-corrected chi connectivity index (χ1v) is 7.56. The quantitative estimate of drug-likeness (QED) is 0.615. The molecule has 2 rings (SSSR count). The fraction of sp³-hybridized carbons (Fsp3) is 0.375. The molecule has 0 fully saturated rings. The van der Waals surface area contributed by atoms with Gasteiger partial charge in [0.1, 0.15) is 11.4 Å². The highest BCUT2D eigenvalue weighted by molar-refractivity contribution is 6.39. The van der Waals surface area contributed by atoms with E-state index in [0.717, 1.165) is 7.11 Å². The molecule has 128 valence electrons. The number of esters is 2. The summed E-state index contributed by atoms with van der Waals surface area (Å²) in [6.07, 6.45) is -0.355. The monoisotopic (exact) mass is 353 g/mol. The first-order valence-electron chi connectivity index (χ1n) is 7.13. The molecule has 0 unspecified atom stereocenters. The molecule has 1 aliphatic rings. The van der Waals surface area contributed by atoms with Gasteiger partial charge in [-0.2, -0.15) is 0 Å². The topological polar surface area (TPSA) is 98.8 Å². The molecule has 1 aromatic carbocycles. The molecule has 0 radical (unpaired) electrons. The van der Waals surface area contributed by atoms with Gasteiger partial charge >= 0.3 is 11.9 Å². The van der Waals surface area contributed by atoms with Crippen LogP contribution in [0.2, 0.25) is 0 Å². The average Bonchev–Trinajstić information content (AvgIpc) is 2.61. The Morgan fingerprint density at radius 2 is 1.71 bits per heavy atom. The van der Waals surface area contributed by atoms with Crippen molar-refractivity contribution in [3.8, 4) is 0 Å². The summed E-state index contributed by atoms with van der Waals surface area (Å²) in [5.74, 6) is -2.28. The van der Waals surface area contributed by atoms with E-state index in [2.05, 4.69) is 14.8 Å². The summed E-state index contributed by atoms with van der Waals surface area (Å²) in [6, 6.07) is 3.99. The number of ether oxygens (including phenoxy) is 2. The van der Waals surface area contributed by atoms with Gasteiger partial charge in [-0.3, -0.25) is 24.5 Å². The zero-order valence-corrected chi connectivity index (χ0v) is 13.8. The summed E-state index contributed by atoms with van der Waals surface area (Å²) in [7, 11) is 2.32. The summed E-state index contributed by atoms with van der Waals surface area (Å²) in [4.78, 5) is 48.2. The van der Waals surface area contributed by atoms with Crippen LogP contribution in [0.3, 0.4) is 0 Å². The standard InChI is InChI=1S/C16H16ClNO6/c1-23-11(19)7-10(16(22)24-2)18-13-12(17)14(20)8-5-3-4-6-9(8)15(13)21/h3-6,10,12-13,18H,7H2,1-2H3/t10-,12+,13+/m1/s1. The van der Waals surface area contributed by atoms with E-state index in [-0.39, 0.29) is 17.5 Å². The van der Waals surface area contributed by atoms with Gasteiger partial charge in [-0.05, 0) is 0 Å². The van der Waals surface area contributed by atoms with Crippen molar-refractivity contribution >= 4 is 35.1 Å². The third-order valence-corrected chi connectivity index (χ3v) is 4.20. The maximum Gasteiger partial charge on any atom is 0.323 e. The van der Waals surface area contributed by atoms with Crippen LogP contribution < -0.4 is 5.32 Å². The van der Waals surface area contributed by atoms with E-state index < -0.39 is 41.0 Å². The Hall–Kier alpha value is -2.25. The van der Waals surface area contributed by atoms with Crippen molar-refractivity contribution < 1.29 is 28.7 Å². The van der Waals surface area contributed by atoms with Crippen molar-refractivity contribution in [2.45, 2.75) is 23.9 Å². The van der Waals surface area contributed by atoms with Crippen molar-refractivity contribution in [1.29, 1.82) is 0 Å². The van der Waals surface area contributed by atoms with Gasteiger partial charge in [0.2, 0.25) is 0 Å². The number of hydrogen-bond acceptors (Lipinski definition) is 7. The van der Waals surface area contributed by atoms with Crippen LogP contribution in [0.15, 0.2) is 24.3 Å². The minimum atomic E-state index is -1.20. The van der Waals surface area contributed by atoms with Gasteiger partial charge in [-0.1, -0.05) is 24.3 Å². The molecule has 7 nitrogen and oxygen atoms in total. The summed E-state index contributed by atoms with van der Waals surface area (Å²) in [5, 5.41) is 1.47. The Labute approximate surface area is 143 Å². The predicted molar refractivity (Wildman–Crippen MR) is 84.1 cm³/mol. The van der Waals surface area contributed by atoms with Crippen molar-refractivity contribution in [2.75, 3.05) is 14.2 Å². The summed E-state index contributed by atoms with van der Waals surface area (Å²) < 4.78 is 9.14. The van der Waals surface area contributed by atoms with Crippen LogP contribution in [0.5, 0.6) is 0 Å². The normalized spacial score (nSPS) is 21.0. The van der Waals surface area contributed by atoms with Crippen LogP contribution in [-0.4, -0.2) is 55.2 Å². The lowest BCUT2D eigenvalue weighted by molar-refractivity contribution is -0.149. The van der Waals surface area contributed by atoms with E-state index in [1.165, 1.54) is 19.2 Å². The number of rotatable bonds is 5. The molecule has 0 amide bonds. The van der Waals surface area contributed by atoms with Crippen LogP contribution in [0.4, 0.5) is 0 Å². The summed E-state index contributed by atoms with van der Waals surface area (Å²) in [6.45, 7) is 0. The Bertz CT molecular complexity index is 689. The number of alkyl halides is 1. The lowest BCUT2D eigenvalue weighted by Gasteiger charge is -2.30. The highest BCUT2D eigenvalue weighted by Crippen LogP contribution is 2.25. The van der Waals surface area contributed by atoms with E-state index in [0.29, 0.717) is 0 Å². The number of fused-ring (bicyclic) bond motifs is 1. The Balaban J connectivity index is 2.29. The lowest BCUT2D eigenvalue weighted by atomic mass is 9.85. The van der Waals surface area contributed by atoms with Crippen molar-refractivity contribution in [1.82, 2.24) is 5.32 Å². The number of nitrogens with one attached hydrogen (secondary N) is 1. The van der Waals surface area contributed by atoms with E-state index in [1.807, 2.05) is 0 Å². The molecule has 0 spiro atoms. The van der Waals surface area contributed by atoms with Gasteiger partial charge in [-0.25, -0.2) is 0 Å². The maximum atomic E-state index is 12.6. The first kappa shape index (κ1) is 18.1. The number of ketones is 2. The molecule has 0 saturated carbocycles. The molecule has 24 heavy (non-hydrogen) atoms. The van der Waals surface area contributed by atoms with Gasteiger partial charge in [0.15, 0.2) is 11.6 Å². The molecular weight excluding hydrogens is 338 g/mol.